The average molecular weight is 441 g/mol. The van der Waals surface area contributed by atoms with Crippen molar-refractivity contribution in [1.82, 2.24) is 9.78 Å². The highest BCUT2D eigenvalue weighted by Gasteiger charge is 2.26. The van der Waals surface area contributed by atoms with Gasteiger partial charge in [0.25, 0.3) is 5.91 Å². The van der Waals surface area contributed by atoms with Crippen LogP contribution in [0.1, 0.15) is 35.8 Å². The quantitative estimate of drug-likeness (QED) is 0.262. The largest absolute Gasteiger partial charge is 0.489 e. The molecule has 0 spiro atoms. The van der Waals surface area contributed by atoms with Gasteiger partial charge in [-0.3, -0.25) is 9.48 Å². The Kier molecular flexibility index (Phi) is 7.05. The summed E-state index contributed by atoms with van der Waals surface area (Å²) in [6, 6.07) is 27.1. The molecule has 0 aliphatic carbocycles. The number of rotatable bonds is 9. The van der Waals surface area contributed by atoms with Crippen molar-refractivity contribution in [2.24, 2.45) is 0 Å². The summed E-state index contributed by atoms with van der Waals surface area (Å²) in [5.41, 5.74) is 10.1. The van der Waals surface area contributed by atoms with Crippen molar-refractivity contribution in [3.05, 3.63) is 96.2 Å². The first-order valence-electron chi connectivity index (χ1n) is 11.2. The van der Waals surface area contributed by atoms with Gasteiger partial charge in [0.2, 0.25) is 0 Å². The normalized spacial score (nSPS) is 10.7. The molecule has 1 amide bonds. The first kappa shape index (κ1) is 22.1. The van der Waals surface area contributed by atoms with E-state index in [1.54, 1.807) is 12.1 Å². The van der Waals surface area contributed by atoms with E-state index in [0.717, 1.165) is 29.7 Å². The topological polar surface area (TPSA) is 82.2 Å². The molecule has 0 aliphatic heterocycles. The number of ether oxygens (including phenoxy) is 1. The Bertz CT molecular complexity index is 1200. The second-order valence-corrected chi connectivity index (χ2v) is 7.78. The second kappa shape index (κ2) is 10.5. The third kappa shape index (κ3) is 5.23. The van der Waals surface area contributed by atoms with Crippen molar-refractivity contribution >= 4 is 17.3 Å². The molecule has 33 heavy (non-hydrogen) atoms. The molecule has 0 unspecified atom stereocenters. The van der Waals surface area contributed by atoms with E-state index in [1.165, 1.54) is 0 Å². The fraction of sp³-hybridized carbons (Fsp3) is 0.185. The molecule has 3 N–H and O–H groups in total. The fourth-order valence-electron chi connectivity index (χ4n) is 3.59. The van der Waals surface area contributed by atoms with E-state index in [1.807, 2.05) is 77.5 Å². The van der Waals surface area contributed by atoms with Gasteiger partial charge in [0.1, 0.15) is 5.69 Å². The minimum atomic E-state index is -0.358. The molecule has 1 aromatic heterocycles. The number of benzene rings is 3. The molecule has 6 heteroatoms. The van der Waals surface area contributed by atoms with Crippen LogP contribution in [-0.2, 0) is 6.54 Å². The summed E-state index contributed by atoms with van der Waals surface area (Å²) >= 11 is 0. The Labute approximate surface area is 194 Å². The molecule has 168 valence electrons. The lowest BCUT2D eigenvalue weighted by Gasteiger charge is -2.12. The van der Waals surface area contributed by atoms with Crippen molar-refractivity contribution < 1.29 is 9.53 Å². The van der Waals surface area contributed by atoms with Gasteiger partial charge in [0.15, 0.2) is 11.4 Å². The Morgan fingerprint density at radius 1 is 0.970 bits per heavy atom. The molecule has 3 aromatic carbocycles. The molecule has 1 heterocycles. The maximum absolute atomic E-state index is 13.3. The van der Waals surface area contributed by atoms with E-state index in [9.17, 15) is 4.79 Å². The summed E-state index contributed by atoms with van der Waals surface area (Å²) in [7, 11) is 0. The number of nitrogens with one attached hydrogen (secondary N) is 1. The van der Waals surface area contributed by atoms with Crippen LogP contribution in [0.2, 0.25) is 0 Å². The Balaban J connectivity index is 1.80. The third-order valence-electron chi connectivity index (χ3n) is 5.30. The van der Waals surface area contributed by atoms with Crippen LogP contribution in [0, 0.1) is 0 Å². The molecule has 4 rings (SSSR count). The zero-order chi connectivity index (χ0) is 23.0. The first-order chi connectivity index (χ1) is 16.2. The van der Waals surface area contributed by atoms with E-state index >= 15 is 0 Å². The van der Waals surface area contributed by atoms with Crippen LogP contribution in [-0.4, -0.2) is 22.3 Å². The number of amides is 1. The summed E-state index contributed by atoms with van der Waals surface area (Å²) in [6.45, 7) is 3.11. The van der Waals surface area contributed by atoms with Crippen molar-refractivity contribution in [3.63, 3.8) is 0 Å². The maximum atomic E-state index is 13.3. The molecule has 4 aromatic rings. The number of nitrogen functional groups attached to an aromatic ring is 1. The molecule has 0 bridgehead atoms. The summed E-state index contributed by atoms with van der Waals surface area (Å²) in [6.07, 6.45) is 1.87. The summed E-state index contributed by atoms with van der Waals surface area (Å²) in [5.74, 6) is 0.126. The summed E-state index contributed by atoms with van der Waals surface area (Å²) in [4.78, 5) is 13.3. The van der Waals surface area contributed by atoms with Crippen LogP contribution < -0.4 is 15.8 Å². The van der Waals surface area contributed by atoms with Gasteiger partial charge in [0, 0.05) is 5.56 Å². The molecule has 0 saturated carbocycles. The molecule has 0 radical (unpaired) electrons. The lowest BCUT2D eigenvalue weighted by atomic mass is 10.1. The Morgan fingerprint density at radius 2 is 1.64 bits per heavy atom. The van der Waals surface area contributed by atoms with Gasteiger partial charge in [-0.15, -0.1) is 0 Å². The number of para-hydroxylation sites is 2. The van der Waals surface area contributed by atoms with E-state index in [4.69, 9.17) is 15.6 Å². The van der Waals surface area contributed by atoms with E-state index in [-0.39, 0.29) is 11.6 Å². The monoisotopic (exact) mass is 440 g/mol. The zero-order valence-electron chi connectivity index (χ0n) is 18.7. The molecule has 0 fully saturated rings. The summed E-state index contributed by atoms with van der Waals surface area (Å²) in [5, 5.41) is 7.62. The van der Waals surface area contributed by atoms with Crippen molar-refractivity contribution in [1.29, 1.82) is 0 Å². The SMILES string of the molecule is CCCCOc1c(C(=O)Nc2ccccc2N)nn(Cc2ccccc2)c1-c1ccccc1. The number of carbonyl (C=O) groups excluding carboxylic acids is 1. The van der Waals surface area contributed by atoms with Gasteiger partial charge in [-0.1, -0.05) is 86.1 Å². The minimum Gasteiger partial charge on any atom is -0.489 e. The molecule has 0 aliphatic rings. The molecule has 6 nitrogen and oxygen atoms in total. The van der Waals surface area contributed by atoms with Gasteiger partial charge in [-0.05, 0) is 24.1 Å². The highest BCUT2D eigenvalue weighted by atomic mass is 16.5. The number of hydrogen-bond donors (Lipinski definition) is 2. The molecule has 0 atom stereocenters. The predicted molar refractivity (Wildman–Crippen MR) is 132 cm³/mol. The third-order valence-corrected chi connectivity index (χ3v) is 5.30. The first-order valence-corrected chi connectivity index (χ1v) is 11.2. The summed E-state index contributed by atoms with van der Waals surface area (Å²) < 4.78 is 8.04. The highest BCUT2D eigenvalue weighted by molar-refractivity contribution is 6.07. The minimum absolute atomic E-state index is 0.240. The average Bonchev–Trinajstić information content (AvgIpc) is 3.20. The van der Waals surface area contributed by atoms with Crippen LogP contribution in [0.5, 0.6) is 5.75 Å². The number of nitrogens with two attached hydrogens (primary N) is 1. The number of aromatic nitrogens is 2. The van der Waals surface area contributed by atoms with E-state index in [2.05, 4.69) is 12.2 Å². The predicted octanol–water partition coefficient (Wildman–Crippen LogP) is 5.61. The van der Waals surface area contributed by atoms with Crippen molar-refractivity contribution in [2.75, 3.05) is 17.7 Å². The van der Waals surface area contributed by atoms with Gasteiger partial charge < -0.3 is 15.8 Å². The van der Waals surface area contributed by atoms with E-state index in [0.29, 0.717) is 30.3 Å². The van der Waals surface area contributed by atoms with Gasteiger partial charge in [-0.25, -0.2) is 0 Å². The van der Waals surface area contributed by atoms with Gasteiger partial charge in [-0.2, -0.15) is 5.10 Å². The lowest BCUT2D eigenvalue weighted by molar-refractivity contribution is 0.101. The van der Waals surface area contributed by atoms with Crippen molar-refractivity contribution in [3.8, 4) is 17.0 Å². The van der Waals surface area contributed by atoms with Crippen LogP contribution in [0.15, 0.2) is 84.9 Å². The number of unbranched alkanes of at least 4 members (excludes halogenated alkanes) is 1. The van der Waals surface area contributed by atoms with Crippen LogP contribution >= 0.6 is 0 Å². The van der Waals surface area contributed by atoms with Gasteiger partial charge >= 0.3 is 0 Å². The highest BCUT2D eigenvalue weighted by Crippen LogP contribution is 2.35. The second-order valence-electron chi connectivity index (χ2n) is 7.78. The zero-order valence-corrected chi connectivity index (χ0v) is 18.7. The Morgan fingerprint density at radius 3 is 2.33 bits per heavy atom. The van der Waals surface area contributed by atoms with Crippen LogP contribution in [0.25, 0.3) is 11.3 Å². The van der Waals surface area contributed by atoms with Crippen LogP contribution in [0.4, 0.5) is 11.4 Å². The maximum Gasteiger partial charge on any atom is 0.280 e. The smallest absolute Gasteiger partial charge is 0.280 e. The Hall–Kier alpha value is -4.06. The van der Waals surface area contributed by atoms with Crippen LogP contribution in [0.3, 0.4) is 0 Å². The van der Waals surface area contributed by atoms with E-state index < -0.39 is 0 Å². The molecular weight excluding hydrogens is 412 g/mol. The lowest BCUT2D eigenvalue weighted by Crippen LogP contribution is -2.16. The fourth-order valence-corrected chi connectivity index (χ4v) is 3.59. The number of nitrogens with zero attached hydrogens (tertiary/aromatic N) is 2. The molecule has 0 saturated heterocycles. The standard InChI is InChI=1S/C27H28N4O2/c1-2-3-18-33-26-24(27(32)29-23-17-11-10-16-22(23)28)30-31(19-20-12-6-4-7-13-20)25(26)21-14-8-5-9-15-21/h4-17H,2-3,18-19,28H2,1H3,(H,29,32). The number of carbonyl (C=O) groups is 1. The van der Waals surface area contributed by atoms with Crippen molar-refractivity contribution in [2.45, 2.75) is 26.3 Å². The molecular formula is C27H28N4O2. The number of anilines is 2. The number of hydrogen-bond acceptors (Lipinski definition) is 4. The van der Waals surface area contributed by atoms with Gasteiger partial charge in [0.05, 0.1) is 24.5 Å².